The van der Waals surface area contributed by atoms with Crippen LogP contribution in [0.4, 0.5) is 0 Å². The molecular formula is C24H29NO3. The Bertz CT molecular complexity index is 832. The molecule has 1 atom stereocenters. The van der Waals surface area contributed by atoms with Crippen LogP contribution in [0.1, 0.15) is 35.1 Å². The predicted molar refractivity (Wildman–Crippen MR) is 110 cm³/mol. The summed E-state index contributed by atoms with van der Waals surface area (Å²) < 4.78 is 11.9. The number of carbonyl (C=O) groups is 1. The summed E-state index contributed by atoms with van der Waals surface area (Å²) in [6.07, 6.45) is 5.25. The van der Waals surface area contributed by atoms with Crippen LogP contribution in [0.15, 0.2) is 42.5 Å². The zero-order valence-corrected chi connectivity index (χ0v) is 16.7. The van der Waals surface area contributed by atoms with Gasteiger partial charge in [-0.15, -0.1) is 0 Å². The van der Waals surface area contributed by atoms with Crippen LogP contribution in [0.3, 0.4) is 0 Å². The Hall–Kier alpha value is -2.33. The number of rotatable bonds is 5. The number of amides is 1. The molecule has 1 aliphatic carbocycles. The first-order valence-electron chi connectivity index (χ1n) is 10.4. The molecule has 4 rings (SSSR count). The average molecular weight is 380 g/mol. The lowest BCUT2D eigenvalue weighted by Gasteiger charge is -2.33. The Labute approximate surface area is 167 Å². The van der Waals surface area contributed by atoms with Gasteiger partial charge in [0.05, 0.1) is 19.6 Å². The fourth-order valence-corrected chi connectivity index (χ4v) is 4.12. The van der Waals surface area contributed by atoms with Crippen LogP contribution < -0.4 is 4.74 Å². The van der Waals surface area contributed by atoms with Crippen molar-refractivity contribution in [3.8, 4) is 5.75 Å². The van der Waals surface area contributed by atoms with Gasteiger partial charge in [0.2, 0.25) is 5.91 Å². The van der Waals surface area contributed by atoms with Crippen molar-refractivity contribution >= 4 is 5.91 Å². The third kappa shape index (κ3) is 4.56. The summed E-state index contributed by atoms with van der Waals surface area (Å²) in [5.41, 5.74) is 5.14. The molecule has 4 heteroatoms. The van der Waals surface area contributed by atoms with Crippen LogP contribution in [-0.4, -0.2) is 43.2 Å². The topological polar surface area (TPSA) is 38.8 Å². The zero-order chi connectivity index (χ0) is 19.3. The fraction of sp³-hybridized carbons (Fsp3) is 0.458. The second-order valence-electron chi connectivity index (χ2n) is 7.88. The van der Waals surface area contributed by atoms with E-state index in [1.807, 2.05) is 23.1 Å². The van der Waals surface area contributed by atoms with Crippen molar-refractivity contribution in [2.45, 2.75) is 45.1 Å². The molecule has 28 heavy (non-hydrogen) atoms. The summed E-state index contributed by atoms with van der Waals surface area (Å²) in [4.78, 5) is 14.6. The van der Waals surface area contributed by atoms with Crippen LogP contribution in [0.25, 0.3) is 0 Å². The molecule has 0 N–H and O–H groups in total. The highest BCUT2D eigenvalue weighted by atomic mass is 16.5. The number of aryl methyl sites for hydroxylation is 3. The summed E-state index contributed by atoms with van der Waals surface area (Å²) in [6, 6.07) is 14.5. The van der Waals surface area contributed by atoms with Gasteiger partial charge in [0.25, 0.3) is 0 Å². The van der Waals surface area contributed by atoms with Crippen LogP contribution in [0.2, 0.25) is 0 Å². The molecule has 2 aromatic carbocycles. The number of morpholine rings is 1. The highest BCUT2D eigenvalue weighted by Crippen LogP contribution is 2.25. The quantitative estimate of drug-likeness (QED) is 0.795. The summed E-state index contributed by atoms with van der Waals surface area (Å²) in [5.74, 6) is 1.07. The second kappa shape index (κ2) is 8.78. The minimum atomic E-state index is -0.0781. The molecular weight excluding hydrogens is 350 g/mol. The molecule has 1 amide bonds. The Morgan fingerprint density at radius 1 is 1.14 bits per heavy atom. The van der Waals surface area contributed by atoms with Gasteiger partial charge in [0.1, 0.15) is 18.5 Å². The van der Waals surface area contributed by atoms with Gasteiger partial charge in [0, 0.05) is 6.54 Å². The van der Waals surface area contributed by atoms with E-state index in [0.717, 1.165) is 23.3 Å². The minimum absolute atomic E-state index is 0.0781. The molecule has 1 heterocycles. The fourth-order valence-electron chi connectivity index (χ4n) is 4.12. The maximum Gasteiger partial charge on any atom is 0.227 e. The van der Waals surface area contributed by atoms with Crippen molar-refractivity contribution < 1.29 is 14.3 Å². The van der Waals surface area contributed by atoms with E-state index in [0.29, 0.717) is 32.7 Å². The normalized spacial score (nSPS) is 19.2. The van der Waals surface area contributed by atoms with Crippen molar-refractivity contribution in [2.24, 2.45) is 0 Å². The van der Waals surface area contributed by atoms with E-state index in [1.165, 1.54) is 30.4 Å². The van der Waals surface area contributed by atoms with Crippen LogP contribution >= 0.6 is 0 Å². The SMILES string of the molecule is Cc1ccccc1CC(=O)N1CCOC(COc2ccc3c(c2)CCCC3)C1. The van der Waals surface area contributed by atoms with E-state index in [2.05, 4.69) is 31.2 Å². The molecule has 2 aromatic rings. The van der Waals surface area contributed by atoms with Gasteiger partial charge >= 0.3 is 0 Å². The highest BCUT2D eigenvalue weighted by molar-refractivity contribution is 5.79. The van der Waals surface area contributed by atoms with Gasteiger partial charge in [-0.1, -0.05) is 30.3 Å². The standard InChI is InChI=1S/C24H29NO3/c1-18-6-2-3-8-20(18)15-24(26)25-12-13-27-23(16-25)17-28-22-11-10-19-7-4-5-9-21(19)14-22/h2-3,6,8,10-11,14,23H,4-5,7,9,12-13,15-17H2,1H3. The lowest BCUT2D eigenvalue weighted by molar-refractivity contribution is -0.139. The Morgan fingerprint density at radius 3 is 2.82 bits per heavy atom. The van der Waals surface area contributed by atoms with Gasteiger partial charge in [-0.3, -0.25) is 4.79 Å². The minimum Gasteiger partial charge on any atom is -0.491 e. The molecule has 1 aliphatic heterocycles. The third-order valence-corrected chi connectivity index (χ3v) is 5.85. The van der Waals surface area contributed by atoms with Gasteiger partial charge in [-0.2, -0.15) is 0 Å². The lowest BCUT2D eigenvalue weighted by atomic mass is 9.92. The van der Waals surface area contributed by atoms with Crippen LogP contribution in [0.5, 0.6) is 5.75 Å². The largest absolute Gasteiger partial charge is 0.491 e. The van der Waals surface area contributed by atoms with E-state index in [9.17, 15) is 4.79 Å². The predicted octanol–water partition coefficient (Wildman–Crippen LogP) is 3.72. The first-order chi connectivity index (χ1) is 13.7. The van der Waals surface area contributed by atoms with Crippen molar-refractivity contribution in [1.82, 2.24) is 4.90 Å². The zero-order valence-electron chi connectivity index (χ0n) is 16.7. The van der Waals surface area contributed by atoms with Gasteiger partial charge in [-0.25, -0.2) is 0 Å². The Kier molecular flexibility index (Phi) is 5.96. The molecule has 0 radical (unpaired) electrons. The lowest BCUT2D eigenvalue weighted by Crippen LogP contribution is -2.48. The van der Waals surface area contributed by atoms with Crippen LogP contribution in [0, 0.1) is 6.92 Å². The summed E-state index contributed by atoms with van der Waals surface area (Å²) in [6.45, 7) is 4.34. The molecule has 4 nitrogen and oxygen atoms in total. The maximum absolute atomic E-state index is 12.7. The first kappa shape index (κ1) is 19.0. The van der Waals surface area contributed by atoms with E-state index < -0.39 is 0 Å². The second-order valence-corrected chi connectivity index (χ2v) is 7.88. The molecule has 1 unspecified atom stereocenters. The Balaban J connectivity index is 1.31. The molecule has 1 fully saturated rings. The number of carbonyl (C=O) groups excluding carboxylic acids is 1. The summed E-state index contributed by atoms with van der Waals surface area (Å²) in [7, 11) is 0. The van der Waals surface area contributed by atoms with Crippen molar-refractivity contribution in [1.29, 1.82) is 0 Å². The van der Waals surface area contributed by atoms with Crippen molar-refractivity contribution in [3.05, 3.63) is 64.7 Å². The van der Waals surface area contributed by atoms with Crippen molar-refractivity contribution in [2.75, 3.05) is 26.3 Å². The molecule has 2 aliphatic rings. The van der Waals surface area contributed by atoms with E-state index >= 15 is 0 Å². The molecule has 0 spiro atoms. The van der Waals surface area contributed by atoms with Gasteiger partial charge in [-0.05, 0) is 67.0 Å². The average Bonchev–Trinajstić information content (AvgIpc) is 2.74. The van der Waals surface area contributed by atoms with Crippen LogP contribution in [-0.2, 0) is 28.8 Å². The first-order valence-corrected chi connectivity index (χ1v) is 10.4. The molecule has 1 saturated heterocycles. The Morgan fingerprint density at radius 2 is 1.96 bits per heavy atom. The smallest absolute Gasteiger partial charge is 0.227 e. The molecule has 0 saturated carbocycles. The third-order valence-electron chi connectivity index (χ3n) is 5.85. The van der Waals surface area contributed by atoms with E-state index in [1.54, 1.807) is 0 Å². The van der Waals surface area contributed by atoms with Gasteiger partial charge < -0.3 is 14.4 Å². The number of hydrogen-bond donors (Lipinski definition) is 0. The number of hydrogen-bond acceptors (Lipinski definition) is 3. The molecule has 0 aromatic heterocycles. The maximum atomic E-state index is 12.7. The van der Waals surface area contributed by atoms with Gasteiger partial charge in [0.15, 0.2) is 0 Å². The number of benzene rings is 2. The number of nitrogens with zero attached hydrogens (tertiary/aromatic N) is 1. The highest BCUT2D eigenvalue weighted by Gasteiger charge is 2.25. The summed E-state index contributed by atoms with van der Waals surface area (Å²) in [5, 5.41) is 0. The number of fused-ring (bicyclic) bond motifs is 1. The van der Waals surface area contributed by atoms with E-state index in [4.69, 9.17) is 9.47 Å². The molecule has 148 valence electrons. The number of ether oxygens (including phenoxy) is 2. The van der Waals surface area contributed by atoms with Crippen molar-refractivity contribution in [3.63, 3.8) is 0 Å². The molecule has 0 bridgehead atoms. The summed E-state index contributed by atoms with van der Waals surface area (Å²) >= 11 is 0. The monoisotopic (exact) mass is 379 g/mol. The van der Waals surface area contributed by atoms with E-state index in [-0.39, 0.29) is 12.0 Å².